The number of carbonyl (C=O) groups excluding carboxylic acids is 2. The molecule has 0 saturated heterocycles. The normalized spacial score (nSPS) is 11.1. The molecule has 7 nitrogen and oxygen atoms in total. The lowest BCUT2D eigenvalue weighted by Gasteiger charge is -2.12. The summed E-state index contributed by atoms with van der Waals surface area (Å²) in [4.78, 5) is 24.0. The van der Waals surface area contributed by atoms with Gasteiger partial charge in [-0.1, -0.05) is 48.5 Å². The Hall–Kier alpha value is -3.49. The highest BCUT2D eigenvalue weighted by molar-refractivity contribution is 7.89. The number of aryl methyl sites for hydroxylation is 1. The van der Waals surface area contributed by atoms with Gasteiger partial charge in [0.15, 0.2) is 0 Å². The summed E-state index contributed by atoms with van der Waals surface area (Å²) in [5.41, 5.74) is 3.22. The van der Waals surface area contributed by atoms with Gasteiger partial charge >= 0.3 is 0 Å². The first-order valence-corrected chi connectivity index (χ1v) is 11.5. The predicted molar refractivity (Wildman–Crippen MR) is 124 cm³/mol. The zero-order chi connectivity index (χ0) is 23.1. The van der Waals surface area contributed by atoms with E-state index in [0.717, 1.165) is 11.1 Å². The average Bonchev–Trinajstić information content (AvgIpc) is 2.77. The van der Waals surface area contributed by atoms with E-state index in [1.807, 2.05) is 36.4 Å². The van der Waals surface area contributed by atoms with Crippen molar-refractivity contribution in [3.8, 4) is 0 Å². The van der Waals surface area contributed by atoms with Crippen molar-refractivity contribution >= 4 is 27.5 Å². The van der Waals surface area contributed by atoms with E-state index in [2.05, 4.69) is 15.4 Å². The number of hydrogen-bond donors (Lipinski definition) is 3. The number of benzene rings is 3. The summed E-state index contributed by atoms with van der Waals surface area (Å²) >= 11 is 0. The zero-order valence-corrected chi connectivity index (χ0v) is 18.7. The summed E-state index contributed by atoms with van der Waals surface area (Å²) in [5.74, 6) is -0.562. The molecule has 0 aliphatic carbocycles. The van der Waals surface area contributed by atoms with E-state index in [4.69, 9.17) is 0 Å². The minimum absolute atomic E-state index is 0.0248. The molecule has 0 aliphatic rings. The summed E-state index contributed by atoms with van der Waals surface area (Å²) < 4.78 is 28.0. The van der Waals surface area contributed by atoms with Gasteiger partial charge in [0, 0.05) is 31.3 Å². The van der Waals surface area contributed by atoms with Crippen molar-refractivity contribution in [2.75, 3.05) is 5.32 Å². The Kier molecular flexibility index (Phi) is 7.40. The largest absolute Gasteiger partial charge is 0.348 e. The van der Waals surface area contributed by atoms with Crippen molar-refractivity contribution in [3.63, 3.8) is 0 Å². The first-order chi connectivity index (χ1) is 15.2. The van der Waals surface area contributed by atoms with Gasteiger partial charge < -0.3 is 10.6 Å². The van der Waals surface area contributed by atoms with E-state index in [9.17, 15) is 18.0 Å². The van der Waals surface area contributed by atoms with E-state index < -0.39 is 10.0 Å². The molecule has 0 saturated carbocycles. The number of sulfonamides is 1. The van der Waals surface area contributed by atoms with Gasteiger partial charge in [-0.2, -0.15) is 0 Å². The summed E-state index contributed by atoms with van der Waals surface area (Å²) in [5, 5.41) is 5.50. The second-order valence-corrected chi connectivity index (χ2v) is 9.12. The number of amides is 2. The first kappa shape index (κ1) is 23.2. The number of nitrogens with one attached hydrogen (secondary N) is 3. The van der Waals surface area contributed by atoms with E-state index in [0.29, 0.717) is 11.3 Å². The van der Waals surface area contributed by atoms with Gasteiger partial charge in [0.25, 0.3) is 5.91 Å². The van der Waals surface area contributed by atoms with Crippen LogP contribution in [0.1, 0.15) is 34.0 Å². The molecule has 0 radical (unpaired) electrons. The van der Waals surface area contributed by atoms with Crippen molar-refractivity contribution in [1.82, 2.24) is 10.0 Å². The van der Waals surface area contributed by atoms with Gasteiger partial charge in [-0.3, -0.25) is 9.59 Å². The second-order valence-electron chi connectivity index (χ2n) is 7.35. The Labute approximate surface area is 187 Å². The summed E-state index contributed by atoms with van der Waals surface area (Å²) in [6.45, 7) is 3.56. The lowest BCUT2D eigenvalue weighted by atomic mass is 10.1. The fraction of sp³-hybridized carbons (Fsp3) is 0.167. The van der Waals surface area contributed by atoms with E-state index in [1.54, 1.807) is 31.2 Å². The van der Waals surface area contributed by atoms with E-state index in [-0.39, 0.29) is 35.4 Å². The number of anilines is 1. The summed E-state index contributed by atoms with van der Waals surface area (Å²) in [7, 11) is -3.79. The molecular formula is C24H25N3O4S. The lowest BCUT2D eigenvalue weighted by Crippen LogP contribution is -2.26. The Morgan fingerprint density at radius 2 is 1.56 bits per heavy atom. The molecule has 0 spiro atoms. The van der Waals surface area contributed by atoms with Gasteiger partial charge in [-0.25, -0.2) is 13.1 Å². The van der Waals surface area contributed by atoms with Crippen LogP contribution in [0.5, 0.6) is 0 Å². The Balaban J connectivity index is 1.70. The van der Waals surface area contributed by atoms with Gasteiger partial charge in [0.2, 0.25) is 15.9 Å². The van der Waals surface area contributed by atoms with Crippen molar-refractivity contribution in [2.24, 2.45) is 0 Å². The van der Waals surface area contributed by atoms with Crippen molar-refractivity contribution in [3.05, 3.63) is 95.1 Å². The van der Waals surface area contributed by atoms with Crippen LogP contribution in [0.4, 0.5) is 5.69 Å². The molecule has 0 bridgehead atoms. The van der Waals surface area contributed by atoms with Crippen LogP contribution in [0.15, 0.2) is 77.7 Å². The topological polar surface area (TPSA) is 104 Å². The molecule has 0 aromatic heterocycles. The molecule has 0 fully saturated rings. The monoisotopic (exact) mass is 451 g/mol. The smallest absolute Gasteiger partial charge is 0.251 e. The highest BCUT2D eigenvalue weighted by atomic mass is 32.2. The number of rotatable bonds is 8. The van der Waals surface area contributed by atoms with Crippen LogP contribution in [0, 0.1) is 6.92 Å². The Morgan fingerprint density at radius 1 is 0.844 bits per heavy atom. The summed E-state index contributed by atoms with van der Waals surface area (Å²) in [6.07, 6.45) is 0. The maximum absolute atomic E-state index is 12.8. The average molecular weight is 452 g/mol. The maximum atomic E-state index is 12.8. The van der Waals surface area contributed by atoms with Crippen LogP contribution in [0.25, 0.3) is 0 Å². The SMILES string of the molecule is CC(=O)Nc1cccc(CNC(=O)c2cc(S(=O)(=O)NCc3ccccc3)ccc2C)c1. The van der Waals surface area contributed by atoms with Crippen LogP contribution >= 0.6 is 0 Å². The molecule has 32 heavy (non-hydrogen) atoms. The third-order valence-electron chi connectivity index (χ3n) is 4.77. The van der Waals surface area contributed by atoms with Crippen LogP contribution in [0.2, 0.25) is 0 Å². The first-order valence-electron chi connectivity index (χ1n) is 10.0. The molecule has 8 heteroatoms. The Bertz CT molecular complexity index is 1230. The highest BCUT2D eigenvalue weighted by Crippen LogP contribution is 2.17. The lowest BCUT2D eigenvalue weighted by molar-refractivity contribution is -0.114. The van der Waals surface area contributed by atoms with E-state index >= 15 is 0 Å². The number of carbonyl (C=O) groups is 2. The Morgan fingerprint density at radius 3 is 2.28 bits per heavy atom. The molecule has 0 unspecified atom stereocenters. The molecule has 3 aromatic carbocycles. The fourth-order valence-electron chi connectivity index (χ4n) is 3.11. The minimum Gasteiger partial charge on any atom is -0.348 e. The van der Waals surface area contributed by atoms with Gasteiger partial charge in [0.1, 0.15) is 0 Å². The molecule has 0 aliphatic heterocycles. The van der Waals surface area contributed by atoms with Crippen molar-refractivity contribution in [2.45, 2.75) is 31.8 Å². The van der Waals surface area contributed by atoms with Gasteiger partial charge in [-0.05, 0) is 47.9 Å². The van der Waals surface area contributed by atoms with Crippen LogP contribution < -0.4 is 15.4 Å². The molecule has 3 N–H and O–H groups in total. The molecule has 166 valence electrons. The number of hydrogen-bond acceptors (Lipinski definition) is 4. The van der Waals surface area contributed by atoms with Crippen LogP contribution in [-0.4, -0.2) is 20.2 Å². The second kappa shape index (κ2) is 10.2. The molecular weight excluding hydrogens is 426 g/mol. The van der Waals surface area contributed by atoms with Gasteiger partial charge in [-0.15, -0.1) is 0 Å². The third kappa shape index (κ3) is 6.26. The molecule has 0 atom stereocenters. The minimum atomic E-state index is -3.79. The zero-order valence-electron chi connectivity index (χ0n) is 17.9. The molecule has 3 aromatic rings. The highest BCUT2D eigenvalue weighted by Gasteiger charge is 2.18. The van der Waals surface area contributed by atoms with Crippen LogP contribution in [0.3, 0.4) is 0 Å². The molecule has 0 heterocycles. The maximum Gasteiger partial charge on any atom is 0.251 e. The molecule has 3 rings (SSSR count). The van der Waals surface area contributed by atoms with Crippen molar-refractivity contribution in [1.29, 1.82) is 0 Å². The van der Waals surface area contributed by atoms with Crippen LogP contribution in [-0.2, 0) is 27.9 Å². The molecule has 2 amide bonds. The quantitative estimate of drug-likeness (QED) is 0.488. The summed E-state index contributed by atoms with van der Waals surface area (Å²) in [6, 6.07) is 20.8. The predicted octanol–water partition coefficient (Wildman–Crippen LogP) is 3.36. The fourth-order valence-corrected chi connectivity index (χ4v) is 4.15. The standard InChI is InChI=1S/C24H25N3O4S/c1-17-11-12-22(32(30,31)26-16-19-7-4-3-5-8-19)14-23(17)24(29)25-15-20-9-6-10-21(13-20)27-18(2)28/h3-14,26H,15-16H2,1-2H3,(H,25,29)(H,27,28). The van der Waals surface area contributed by atoms with Crippen molar-refractivity contribution < 1.29 is 18.0 Å². The third-order valence-corrected chi connectivity index (χ3v) is 6.17. The van der Waals surface area contributed by atoms with E-state index in [1.165, 1.54) is 19.1 Å². The van der Waals surface area contributed by atoms with Gasteiger partial charge in [0.05, 0.1) is 4.90 Å².